The van der Waals surface area contributed by atoms with Gasteiger partial charge in [0.1, 0.15) is 6.04 Å². The predicted molar refractivity (Wildman–Crippen MR) is 112 cm³/mol. The molecule has 0 spiro atoms. The molecule has 1 heterocycles. The number of nitrogens with zero attached hydrogens (tertiary/aromatic N) is 2. The van der Waals surface area contributed by atoms with Crippen LogP contribution in [0.2, 0.25) is 0 Å². The highest BCUT2D eigenvalue weighted by Crippen LogP contribution is 2.27. The number of nitrogens with two attached hydrogens (primary N) is 1. The van der Waals surface area contributed by atoms with E-state index in [4.69, 9.17) is 10.5 Å². The van der Waals surface area contributed by atoms with Crippen LogP contribution in [0.15, 0.2) is 24.3 Å². The number of likely N-dealkylation sites (tertiary alicyclic amines) is 1. The van der Waals surface area contributed by atoms with Crippen LogP contribution >= 0.6 is 0 Å². The Kier molecular flexibility index (Phi) is 7.41. The van der Waals surface area contributed by atoms with E-state index in [0.29, 0.717) is 18.7 Å². The summed E-state index contributed by atoms with van der Waals surface area (Å²) < 4.78 is 4.73. The first-order chi connectivity index (χ1) is 13.6. The first-order valence-corrected chi connectivity index (χ1v) is 10.1. The van der Waals surface area contributed by atoms with Crippen molar-refractivity contribution in [3.63, 3.8) is 0 Å². The molecule has 2 N–H and O–H groups in total. The summed E-state index contributed by atoms with van der Waals surface area (Å²) in [5.41, 5.74) is 7.56. The smallest absolute Gasteiger partial charge is 0.307 e. The molecule has 7 nitrogen and oxygen atoms in total. The summed E-state index contributed by atoms with van der Waals surface area (Å²) in [4.78, 5) is 41.3. The lowest BCUT2D eigenvalue weighted by molar-refractivity contribution is -0.141. The van der Waals surface area contributed by atoms with Gasteiger partial charge in [0.25, 0.3) is 0 Å². The first kappa shape index (κ1) is 22.9. The number of carbonyl (C=O) groups is 3. The largest absolute Gasteiger partial charge is 0.469 e. The molecule has 2 amide bonds. The second kappa shape index (κ2) is 9.39. The van der Waals surface area contributed by atoms with E-state index in [1.807, 2.05) is 52.0 Å². The van der Waals surface area contributed by atoms with E-state index < -0.39 is 17.5 Å². The average Bonchev–Trinajstić information content (AvgIpc) is 3.16. The second-order valence-electron chi connectivity index (χ2n) is 8.68. The van der Waals surface area contributed by atoms with Crippen LogP contribution in [0, 0.1) is 12.3 Å². The Morgan fingerprint density at radius 3 is 2.41 bits per heavy atom. The van der Waals surface area contributed by atoms with Crippen LogP contribution in [0.1, 0.15) is 45.6 Å². The normalized spacial score (nSPS) is 17.7. The van der Waals surface area contributed by atoms with Gasteiger partial charge >= 0.3 is 5.97 Å². The van der Waals surface area contributed by atoms with E-state index >= 15 is 0 Å². The molecule has 1 fully saturated rings. The number of aryl methyl sites for hydroxylation is 1. The van der Waals surface area contributed by atoms with Gasteiger partial charge in [-0.15, -0.1) is 0 Å². The summed E-state index contributed by atoms with van der Waals surface area (Å²) in [7, 11) is 1.33. The Morgan fingerprint density at radius 2 is 1.86 bits per heavy atom. The molecule has 0 aliphatic carbocycles. The Morgan fingerprint density at radius 1 is 1.24 bits per heavy atom. The Bertz CT molecular complexity index is 739. The lowest BCUT2D eigenvalue weighted by atomic mass is 9.86. The zero-order valence-corrected chi connectivity index (χ0v) is 18.1. The number of carbonyl (C=O) groups excluding carboxylic acids is 3. The number of rotatable bonds is 6. The molecule has 0 radical (unpaired) electrons. The molecule has 0 saturated carbocycles. The molecular weight excluding hydrogens is 370 g/mol. The zero-order chi connectivity index (χ0) is 21.8. The van der Waals surface area contributed by atoms with Gasteiger partial charge in [0.2, 0.25) is 11.8 Å². The summed E-state index contributed by atoms with van der Waals surface area (Å²) in [5, 5.41) is 0. The van der Waals surface area contributed by atoms with Gasteiger partial charge in [-0.25, -0.2) is 0 Å². The van der Waals surface area contributed by atoms with Gasteiger partial charge in [-0.1, -0.05) is 38.5 Å². The highest BCUT2D eigenvalue weighted by Gasteiger charge is 2.41. The van der Waals surface area contributed by atoms with Crippen LogP contribution in [-0.2, 0) is 19.1 Å². The van der Waals surface area contributed by atoms with Crippen molar-refractivity contribution in [3.05, 3.63) is 29.8 Å². The summed E-state index contributed by atoms with van der Waals surface area (Å²) in [6.45, 7) is 8.41. The maximum absolute atomic E-state index is 13.5. The van der Waals surface area contributed by atoms with Crippen molar-refractivity contribution in [2.24, 2.45) is 11.1 Å². The van der Waals surface area contributed by atoms with Gasteiger partial charge in [0.15, 0.2) is 0 Å². The maximum atomic E-state index is 13.5. The van der Waals surface area contributed by atoms with Crippen molar-refractivity contribution < 1.29 is 19.1 Å². The lowest BCUT2D eigenvalue weighted by Gasteiger charge is -2.34. The third-order valence-corrected chi connectivity index (χ3v) is 5.40. The number of methoxy groups -OCH3 is 1. The molecule has 1 saturated heterocycles. The van der Waals surface area contributed by atoms with Crippen molar-refractivity contribution in [2.75, 3.05) is 25.1 Å². The van der Waals surface area contributed by atoms with E-state index in [0.717, 1.165) is 12.0 Å². The standard InChI is InChI=1S/C22H33N3O4/c1-15-8-10-16(11-9-15)24(14-12-18(26)29-5)20(27)17-7-6-13-25(17)21(28)19(23)22(2,3)4/h8-11,17,19H,6-7,12-14,23H2,1-5H3/t17-,19+/m0/s1. The van der Waals surface area contributed by atoms with E-state index in [1.165, 1.54) is 7.11 Å². The van der Waals surface area contributed by atoms with E-state index in [2.05, 4.69) is 0 Å². The Labute approximate surface area is 173 Å². The fraction of sp³-hybridized carbons (Fsp3) is 0.591. The highest BCUT2D eigenvalue weighted by molar-refractivity contribution is 6.00. The predicted octanol–water partition coefficient (Wildman–Crippen LogP) is 2.26. The first-order valence-electron chi connectivity index (χ1n) is 10.1. The molecule has 1 aromatic carbocycles. The molecule has 0 aromatic heterocycles. The average molecular weight is 404 g/mol. The number of anilines is 1. The Balaban J connectivity index is 2.27. The van der Waals surface area contributed by atoms with Gasteiger partial charge in [0.05, 0.1) is 19.6 Å². The van der Waals surface area contributed by atoms with Crippen LogP contribution in [-0.4, -0.2) is 55.0 Å². The molecular formula is C22H33N3O4. The molecule has 7 heteroatoms. The molecule has 160 valence electrons. The highest BCUT2D eigenvalue weighted by atomic mass is 16.5. The van der Waals surface area contributed by atoms with Crippen molar-refractivity contribution in [1.29, 1.82) is 0 Å². The fourth-order valence-electron chi connectivity index (χ4n) is 3.41. The molecule has 29 heavy (non-hydrogen) atoms. The SMILES string of the molecule is COC(=O)CCN(C(=O)[C@@H]1CCCN1C(=O)[C@@H](N)C(C)(C)C)c1ccc(C)cc1. The minimum absolute atomic E-state index is 0.0816. The van der Waals surface area contributed by atoms with Crippen LogP contribution in [0.5, 0.6) is 0 Å². The molecule has 2 rings (SSSR count). The van der Waals surface area contributed by atoms with Crippen LogP contribution in [0.3, 0.4) is 0 Å². The summed E-state index contributed by atoms with van der Waals surface area (Å²) in [6, 6.07) is 6.29. The molecule has 0 bridgehead atoms. The Hall–Kier alpha value is -2.41. The van der Waals surface area contributed by atoms with Gasteiger partial charge < -0.3 is 20.3 Å². The minimum atomic E-state index is -0.682. The number of esters is 1. The third kappa shape index (κ3) is 5.56. The molecule has 2 atom stereocenters. The van der Waals surface area contributed by atoms with Crippen LogP contribution in [0.25, 0.3) is 0 Å². The van der Waals surface area contributed by atoms with Gasteiger partial charge in [-0.3, -0.25) is 14.4 Å². The van der Waals surface area contributed by atoms with Crippen LogP contribution in [0.4, 0.5) is 5.69 Å². The van der Waals surface area contributed by atoms with E-state index in [9.17, 15) is 14.4 Å². The number of ether oxygens (including phenoxy) is 1. The van der Waals surface area contributed by atoms with Gasteiger partial charge in [-0.2, -0.15) is 0 Å². The number of amides is 2. The number of benzene rings is 1. The van der Waals surface area contributed by atoms with E-state index in [-0.39, 0.29) is 30.7 Å². The van der Waals surface area contributed by atoms with Gasteiger partial charge in [-0.05, 0) is 37.3 Å². The van der Waals surface area contributed by atoms with Gasteiger partial charge in [0, 0.05) is 18.8 Å². The van der Waals surface area contributed by atoms with Crippen molar-refractivity contribution in [1.82, 2.24) is 4.90 Å². The molecule has 1 aliphatic heterocycles. The third-order valence-electron chi connectivity index (χ3n) is 5.40. The zero-order valence-electron chi connectivity index (χ0n) is 18.1. The molecule has 1 aromatic rings. The van der Waals surface area contributed by atoms with Crippen molar-refractivity contribution in [2.45, 2.75) is 59.0 Å². The van der Waals surface area contributed by atoms with Crippen molar-refractivity contribution >= 4 is 23.5 Å². The fourth-order valence-corrected chi connectivity index (χ4v) is 3.41. The van der Waals surface area contributed by atoms with Crippen molar-refractivity contribution in [3.8, 4) is 0 Å². The topological polar surface area (TPSA) is 92.9 Å². The summed E-state index contributed by atoms with van der Waals surface area (Å²) in [6.07, 6.45) is 1.41. The summed E-state index contributed by atoms with van der Waals surface area (Å²) in [5.74, 6) is -0.779. The number of hydrogen-bond donors (Lipinski definition) is 1. The quantitative estimate of drug-likeness (QED) is 0.736. The minimum Gasteiger partial charge on any atom is -0.469 e. The summed E-state index contributed by atoms with van der Waals surface area (Å²) >= 11 is 0. The number of hydrogen-bond acceptors (Lipinski definition) is 5. The molecule has 0 unspecified atom stereocenters. The van der Waals surface area contributed by atoms with E-state index in [1.54, 1.807) is 9.80 Å². The maximum Gasteiger partial charge on any atom is 0.307 e. The lowest BCUT2D eigenvalue weighted by Crippen LogP contribution is -2.55. The molecule has 1 aliphatic rings. The monoisotopic (exact) mass is 403 g/mol. The van der Waals surface area contributed by atoms with Crippen LogP contribution < -0.4 is 10.6 Å². The second-order valence-corrected chi connectivity index (χ2v) is 8.68.